The number of allylic oxidation sites excluding steroid dienone is 2. The van der Waals surface area contributed by atoms with Gasteiger partial charge in [0.05, 0.1) is 0 Å². The Morgan fingerprint density at radius 3 is 2.07 bits per heavy atom. The zero-order chi connectivity index (χ0) is 21.5. The van der Waals surface area contributed by atoms with Gasteiger partial charge in [0.25, 0.3) is 0 Å². The Kier molecular flexibility index (Phi) is 6.13. The van der Waals surface area contributed by atoms with E-state index in [4.69, 9.17) is 0 Å². The van der Waals surface area contributed by atoms with Crippen LogP contribution in [-0.2, 0) is 0 Å². The van der Waals surface area contributed by atoms with Crippen LogP contribution in [0.25, 0.3) is 0 Å². The summed E-state index contributed by atoms with van der Waals surface area (Å²) < 4.78 is 69.0. The van der Waals surface area contributed by atoms with Crippen LogP contribution in [0.5, 0.6) is 5.75 Å². The first-order valence-corrected chi connectivity index (χ1v) is 11.1. The highest BCUT2D eigenvalue weighted by atomic mass is 19.4. The number of rotatable bonds is 3. The van der Waals surface area contributed by atoms with E-state index in [-0.39, 0.29) is 5.92 Å². The first-order valence-electron chi connectivity index (χ1n) is 11.1. The topological polar surface area (TPSA) is 9.23 Å². The maximum Gasteiger partial charge on any atom is 0.573 e. The van der Waals surface area contributed by atoms with E-state index < -0.39 is 23.7 Å². The summed E-state index contributed by atoms with van der Waals surface area (Å²) in [6, 6.07) is 2.06. The van der Waals surface area contributed by atoms with Gasteiger partial charge in [-0.25, -0.2) is 8.78 Å². The molecule has 0 spiro atoms. The summed E-state index contributed by atoms with van der Waals surface area (Å²) >= 11 is 0. The molecule has 166 valence electrons. The number of alkyl halides is 3. The lowest BCUT2D eigenvalue weighted by Gasteiger charge is -2.50. The molecule has 3 aliphatic rings. The third-order valence-corrected chi connectivity index (χ3v) is 7.76. The predicted octanol–water partition coefficient (Wildman–Crippen LogP) is 7.77. The van der Waals surface area contributed by atoms with Gasteiger partial charge in [0.2, 0.25) is 5.75 Å². The molecule has 3 aliphatic carbocycles. The van der Waals surface area contributed by atoms with Crippen LogP contribution in [-0.4, -0.2) is 6.36 Å². The SMILES string of the molecule is CC=C[C@@H]1CC[C@H]2[C@H](CC[C@H]3C[C@H](c4cc(F)c(OC(F)(F)F)c(F)c4)CC[C@@H]32)C1. The molecule has 3 fully saturated rings. The van der Waals surface area contributed by atoms with Crippen LogP contribution in [0.15, 0.2) is 24.3 Å². The van der Waals surface area contributed by atoms with Crippen molar-refractivity contribution in [3.8, 4) is 5.75 Å². The highest BCUT2D eigenvalue weighted by Gasteiger charge is 2.44. The molecular formula is C24H29F5O. The van der Waals surface area contributed by atoms with Gasteiger partial charge in [-0.3, -0.25) is 0 Å². The number of hydrogen-bond donors (Lipinski definition) is 0. The van der Waals surface area contributed by atoms with Gasteiger partial charge in [-0.15, -0.1) is 13.2 Å². The summed E-state index contributed by atoms with van der Waals surface area (Å²) in [6.07, 6.45) is 8.26. The van der Waals surface area contributed by atoms with Crippen molar-refractivity contribution in [2.45, 2.75) is 70.6 Å². The molecule has 0 aliphatic heterocycles. The zero-order valence-electron chi connectivity index (χ0n) is 17.2. The summed E-state index contributed by atoms with van der Waals surface area (Å²) in [5.74, 6) is -0.480. The largest absolute Gasteiger partial charge is 0.573 e. The second-order valence-corrected chi connectivity index (χ2v) is 9.40. The summed E-state index contributed by atoms with van der Waals surface area (Å²) in [5, 5.41) is 0. The van der Waals surface area contributed by atoms with Crippen molar-refractivity contribution in [2.75, 3.05) is 0 Å². The Balaban J connectivity index is 1.44. The number of benzene rings is 1. The van der Waals surface area contributed by atoms with Gasteiger partial charge in [0.15, 0.2) is 11.6 Å². The van der Waals surface area contributed by atoms with E-state index in [1.165, 1.54) is 25.7 Å². The van der Waals surface area contributed by atoms with Gasteiger partial charge < -0.3 is 4.74 Å². The molecule has 0 saturated heterocycles. The fourth-order valence-corrected chi connectivity index (χ4v) is 6.61. The number of fused-ring (bicyclic) bond motifs is 3. The molecule has 30 heavy (non-hydrogen) atoms. The van der Waals surface area contributed by atoms with Gasteiger partial charge in [0.1, 0.15) is 0 Å². The second kappa shape index (κ2) is 8.51. The third-order valence-electron chi connectivity index (χ3n) is 7.76. The minimum Gasteiger partial charge on any atom is -0.399 e. The average molecular weight is 428 g/mol. The molecule has 6 heteroatoms. The van der Waals surface area contributed by atoms with Crippen LogP contribution >= 0.6 is 0 Å². The summed E-state index contributed by atoms with van der Waals surface area (Å²) in [5.41, 5.74) is 0.455. The maximum absolute atomic E-state index is 14.2. The van der Waals surface area contributed by atoms with Crippen molar-refractivity contribution < 1.29 is 26.7 Å². The molecule has 1 aromatic carbocycles. The van der Waals surface area contributed by atoms with Crippen molar-refractivity contribution in [3.05, 3.63) is 41.5 Å². The molecule has 4 rings (SSSR count). The zero-order valence-corrected chi connectivity index (χ0v) is 17.2. The first kappa shape index (κ1) is 21.6. The van der Waals surface area contributed by atoms with Gasteiger partial charge in [-0.2, -0.15) is 0 Å². The van der Waals surface area contributed by atoms with Crippen molar-refractivity contribution in [3.63, 3.8) is 0 Å². The molecule has 0 unspecified atom stereocenters. The highest BCUT2D eigenvalue weighted by molar-refractivity contribution is 5.33. The van der Waals surface area contributed by atoms with Crippen molar-refractivity contribution in [1.82, 2.24) is 0 Å². The number of hydrogen-bond acceptors (Lipinski definition) is 1. The van der Waals surface area contributed by atoms with Gasteiger partial charge >= 0.3 is 6.36 Å². The Labute approximate surface area is 174 Å². The lowest BCUT2D eigenvalue weighted by atomic mass is 9.55. The Bertz CT molecular complexity index is 763. The minimum absolute atomic E-state index is 0.00824. The number of halogens is 5. The fraction of sp³-hybridized carbons (Fsp3) is 0.667. The average Bonchev–Trinajstić information content (AvgIpc) is 2.69. The molecule has 0 amide bonds. The van der Waals surface area contributed by atoms with Gasteiger partial charge in [0, 0.05) is 0 Å². The van der Waals surface area contributed by atoms with Gasteiger partial charge in [-0.05, 0) is 111 Å². The maximum atomic E-state index is 14.2. The molecule has 1 aromatic rings. The summed E-state index contributed by atoms with van der Waals surface area (Å²) in [4.78, 5) is 0. The molecule has 6 atom stereocenters. The van der Waals surface area contributed by atoms with Crippen LogP contribution in [0.3, 0.4) is 0 Å². The Morgan fingerprint density at radius 2 is 1.47 bits per heavy atom. The van der Waals surface area contributed by atoms with Crippen molar-refractivity contribution in [1.29, 1.82) is 0 Å². The first-order chi connectivity index (χ1) is 14.2. The van der Waals surface area contributed by atoms with E-state index in [9.17, 15) is 22.0 Å². The lowest BCUT2D eigenvalue weighted by molar-refractivity contribution is -0.276. The molecule has 0 aromatic heterocycles. The van der Waals surface area contributed by atoms with Crippen molar-refractivity contribution in [2.24, 2.45) is 29.6 Å². The van der Waals surface area contributed by atoms with Crippen molar-refractivity contribution >= 4 is 0 Å². The lowest BCUT2D eigenvalue weighted by Crippen LogP contribution is -2.41. The second-order valence-electron chi connectivity index (χ2n) is 9.40. The fourth-order valence-electron chi connectivity index (χ4n) is 6.61. The molecular weight excluding hydrogens is 399 g/mol. The van der Waals surface area contributed by atoms with E-state index in [0.29, 0.717) is 23.3 Å². The normalized spacial score (nSPS) is 34.5. The minimum atomic E-state index is -5.12. The standard InChI is InChI=1S/C24H29F5O/c1-2-3-14-4-8-19-16(10-14)5-6-17-11-15(7-9-20(17)19)18-12-21(25)23(22(26)13-18)30-24(27,28)29/h2-3,12-17,19-20H,4-11H2,1H3/t14-,15-,16-,17+,19+,20+/m1/s1. The molecule has 1 nitrogen and oxygen atoms in total. The van der Waals surface area contributed by atoms with E-state index >= 15 is 0 Å². The molecule has 0 radical (unpaired) electrons. The predicted molar refractivity (Wildman–Crippen MR) is 105 cm³/mol. The van der Waals surface area contributed by atoms with Crippen LogP contribution < -0.4 is 4.74 Å². The third kappa shape index (κ3) is 4.52. The summed E-state index contributed by atoms with van der Waals surface area (Å²) in [6.45, 7) is 2.08. The van der Waals surface area contributed by atoms with E-state index in [1.54, 1.807) is 0 Å². The molecule has 3 saturated carbocycles. The summed E-state index contributed by atoms with van der Waals surface area (Å²) in [7, 11) is 0. The molecule has 0 bridgehead atoms. The van der Waals surface area contributed by atoms with Crippen LogP contribution in [0.4, 0.5) is 22.0 Å². The quantitative estimate of drug-likeness (QED) is 0.353. The van der Waals surface area contributed by atoms with Crippen LogP contribution in [0, 0.1) is 41.2 Å². The Hall–Kier alpha value is -1.59. The van der Waals surface area contributed by atoms with E-state index in [0.717, 1.165) is 49.7 Å². The smallest absolute Gasteiger partial charge is 0.399 e. The van der Waals surface area contributed by atoms with E-state index in [1.807, 2.05) is 0 Å². The Morgan fingerprint density at radius 1 is 0.867 bits per heavy atom. The monoisotopic (exact) mass is 428 g/mol. The van der Waals surface area contributed by atoms with Crippen LogP contribution in [0.1, 0.15) is 69.8 Å². The molecule has 0 N–H and O–H groups in total. The highest BCUT2D eigenvalue weighted by Crippen LogP contribution is 2.55. The molecule has 0 heterocycles. The van der Waals surface area contributed by atoms with Gasteiger partial charge in [-0.1, -0.05) is 12.2 Å². The van der Waals surface area contributed by atoms with Crippen LogP contribution in [0.2, 0.25) is 0 Å². The number of ether oxygens (including phenoxy) is 1. The van der Waals surface area contributed by atoms with E-state index in [2.05, 4.69) is 23.8 Å².